The molecule has 20 heavy (non-hydrogen) atoms. The first-order valence-corrected chi connectivity index (χ1v) is 7.50. The van der Waals surface area contributed by atoms with Crippen molar-refractivity contribution >= 4 is 15.9 Å². The fourth-order valence-corrected chi connectivity index (χ4v) is 2.23. The summed E-state index contributed by atoms with van der Waals surface area (Å²) in [6.07, 6.45) is 0. The van der Waals surface area contributed by atoms with Gasteiger partial charge in [0.1, 0.15) is 5.82 Å². The predicted molar refractivity (Wildman–Crippen MR) is 73.5 cm³/mol. The van der Waals surface area contributed by atoms with Crippen LogP contribution in [0.15, 0.2) is 24.3 Å². The zero-order valence-corrected chi connectivity index (χ0v) is 11.8. The second-order valence-corrected chi connectivity index (χ2v) is 5.82. The van der Waals surface area contributed by atoms with Crippen molar-refractivity contribution in [3.05, 3.63) is 35.6 Å². The van der Waals surface area contributed by atoms with Crippen LogP contribution in [0.1, 0.15) is 12.5 Å². The summed E-state index contributed by atoms with van der Waals surface area (Å²) in [5, 5.41) is 2.36. The largest absolute Gasteiger partial charge is 0.344 e. The van der Waals surface area contributed by atoms with Crippen molar-refractivity contribution in [3.63, 3.8) is 0 Å². The molecule has 0 atom stereocenters. The number of amides is 1. The standard InChI is InChI=1S/C13H15FN2O3S/c1-2-3-13(17)15-8-9-20(18,19)16-10-11-4-6-12(14)7-5-11/h4-7,16H,8-10H2,1H3,(H,15,17). The van der Waals surface area contributed by atoms with E-state index in [1.54, 1.807) is 0 Å². The fraction of sp³-hybridized carbons (Fsp3) is 0.308. The van der Waals surface area contributed by atoms with Crippen LogP contribution in [0.4, 0.5) is 4.39 Å². The van der Waals surface area contributed by atoms with Crippen molar-refractivity contribution in [3.8, 4) is 11.8 Å². The second kappa shape index (κ2) is 7.62. The van der Waals surface area contributed by atoms with E-state index in [1.807, 2.05) is 0 Å². The van der Waals surface area contributed by atoms with E-state index in [9.17, 15) is 17.6 Å². The second-order valence-electron chi connectivity index (χ2n) is 3.90. The molecule has 0 unspecified atom stereocenters. The molecule has 0 aliphatic heterocycles. The van der Waals surface area contributed by atoms with Crippen LogP contribution >= 0.6 is 0 Å². The Morgan fingerprint density at radius 2 is 1.95 bits per heavy atom. The van der Waals surface area contributed by atoms with Gasteiger partial charge < -0.3 is 5.32 Å². The van der Waals surface area contributed by atoms with Crippen molar-refractivity contribution in [1.29, 1.82) is 0 Å². The SMILES string of the molecule is CC#CC(=O)NCCS(=O)(=O)NCc1ccc(F)cc1. The van der Waals surface area contributed by atoms with E-state index in [0.29, 0.717) is 5.56 Å². The molecule has 0 aliphatic rings. The van der Waals surface area contributed by atoms with Crippen LogP contribution in [0.5, 0.6) is 0 Å². The quantitative estimate of drug-likeness (QED) is 0.746. The van der Waals surface area contributed by atoms with Crippen LogP contribution < -0.4 is 10.0 Å². The van der Waals surface area contributed by atoms with Gasteiger partial charge in [-0.25, -0.2) is 17.5 Å². The van der Waals surface area contributed by atoms with E-state index in [2.05, 4.69) is 21.9 Å². The van der Waals surface area contributed by atoms with Gasteiger partial charge >= 0.3 is 0 Å². The van der Waals surface area contributed by atoms with Crippen LogP contribution in [0.3, 0.4) is 0 Å². The third kappa shape index (κ3) is 6.31. The minimum atomic E-state index is -3.51. The van der Waals surface area contributed by atoms with Gasteiger partial charge in [-0.15, -0.1) is 0 Å². The molecule has 0 fully saturated rings. The minimum absolute atomic E-state index is 0.0216. The summed E-state index contributed by atoms with van der Waals surface area (Å²) in [7, 11) is -3.51. The van der Waals surface area contributed by atoms with Gasteiger partial charge in [0.2, 0.25) is 10.0 Å². The molecule has 1 rings (SSSR count). The molecule has 0 bridgehead atoms. The molecule has 1 amide bonds. The van der Waals surface area contributed by atoms with Gasteiger partial charge in [0.25, 0.3) is 5.91 Å². The van der Waals surface area contributed by atoms with Gasteiger partial charge in [0.15, 0.2) is 0 Å². The highest BCUT2D eigenvalue weighted by molar-refractivity contribution is 7.89. The van der Waals surface area contributed by atoms with E-state index in [-0.39, 0.29) is 24.7 Å². The molecule has 108 valence electrons. The smallest absolute Gasteiger partial charge is 0.295 e. The third-order valence-corrected chi connectivity index (χ3v) is 3.63. The van der Waals surface area contributed by atoms with Crippen molar-refractivity contribution in [2.75, 3.05) is 12.3 Å². The summed E-state index contributed by atoms with van der Waals surface area (Å²) in [6.45, 7) is 1.57. The highest BCUT2D eigenvalue weighted by atomic mass is 32.2. The number of hydrogen-bond donors (Lipinski definition) is 2. The van der Waals surface area contributed by atoms with Gasteiger partial charge in [-0.2, -0.15) is 0 Å². The number of hydrogen-bond acceptors (Lipinski definition) is 3. The lowest BCUT2D eigenvalue weighted by atomic mass is 10.2. The van der Waals surface area contributed by atoms with Gasteiger partial charge in [0, 0.05) is 13.1 Å². The van der Waals surface area contributed by atoms with Crippen LogP contribution in [-0.2, 0) is 21.4 Å². The average Bonchev–Trinajstić information content (AvgIpc) is 2.38. The molecule has 1 aromatic carbocycles. The number of sulfonamides is 1. The molecule has 0 heterocycles. The Labute approximate surface area is 117 Å². The van der Waals surface area contributed by atoms with Crippen LogP contribution in [0.25, 0.3) is 0 Å². The first-order chi connectivity index (χ1) is 9.43. The van der Waals surface area contributed by atoms with Crippen molar-refractivity contribution < 1.29 is 17.6 Å². The van der Waals surface area contributed by atoms with Gasteiger partial charge in [-0.1, -0.05) is 18.1 Å². The van der Waals surface area contributed by atoms with Crippen molar-refractivity contribution in [2.24, 2.45) is 0 Å². The Kier molecular flexibility index (Phi) is 6.15. The zero-order chi connectivity index (χ0) is 15.0. The van der Waals surface area contributed by atoms with Crippen LogP contribution in [-0.4, -0.2) is 26.6 Å². The number of nitrogens with one attached hydrogen (secondary N) is 2. The molecule has 0 radical (unpaired) electrons. The van der Waals surface area contributed by atoms with E-state index in [1.165, 1.54) is 31.2 Å². The molecule has 0 spiro atoms. The van der Waals surface area contributed by atoms with Gasteiger partial charge in [-0.3, -0.25) is 4.79 Å². The lowest BCUT2D eigenvalue weighted by Gasteiger charge is -2.07. The average molecular weight is 298 g/mol. The Morgan fingerprint density at radius 1 is 1.30 bits per heavy atom. The van der Waals surface area contributed by atoms with Crippen LogP contribution in [0, 0.1) is 17.7 Å². The number of carbonyl (C=O) groups is 1. The number of carbonyl (C=O) groups excluding carboxylic acids is 1. The summed E-state index contributed by atoms with van der Waals surface area (Å²) >= 11 is 0. The predicted octanol–water partition coefficient (Wildman–Crippen LogP) is 0.385. The number of rotatable bonds is 6. The Morgan fingerprint density at radius 3 is 2.55 bits per heavy atom. The van der Waals surface area contributed by atoms with Crippen molar-refractivity contribution in [2.45, 2.75) is 13.5 Å². The highest BCUT2D eigenvalue weighted by Crippen LogP contribution is 2.02. The first-order valence-electron chi connectivity index (χ1n) is 5.85. The first kappa shape index (κ1) is 16.1. The third-order valence-electron chi connectivity index (χ3n) is 2.30. The molecule has 5 nitrogen and oxygen atoms in total. The molecule has 7 heteroatoms. The van der Waals surface area contributed by atoms with E-state index in [0.717, 1.165) is 0 Å². The Hall–Kier alpha value is -1.91. The van der Waals surface area contributed by atoms with Crippen molar-refractivity contribution in [1.82, 2.24) is 10.0 Å². The molecule has 0 aliphatic carbocycles. The van der Waals surface area contributed by atoms with Gasteiger partial charge in [0.05, 0.1) is 5.75 Å². The van der Waals surface area contributed by atoms with E-state index >= 15 is 0 Å². The lowest BCUT2D eigenvalue weighted by Crippen LogP contribution is -2.33. The maximum absolute atomic E-state index is 12.7. The Balaban J connectivity index is 2.39. The lowest BCUT2D eigenvalue weighted by molar-refractivity contribution is -0.115. The van der Waals surface area contributed by atoms with E-state index < -0.39 is 15.9 Å². The monoisotopic (exact) mass is 298 g/mol. The fourth-order valence-electron chi connectivity index (χ4n) is 1.32. The maximum Gasteiger partial charge on any atom is 0.295 e. The summed E-state index contributed by atoms with van der Waals surface area (Å²) in [6, 6.07) is 5.51. The van der Waals surface area contributed by atoms with E-state index in [4.69, 9.17) is 0 Å². The molecule has 0 aromatic heterocycles. The normalized spacial score (nSPS) is 10.5. The summed E-state index contributed by atoms with van der Waals surface area (Å²) < 4.78 is 38.3. The molecular formula is C13H15FN2O3S. The number of benzene rings is 1. The van der Waals surface area contributed by atoms with Crippen LogP contribution in [0.2, 0.25) is 0 Å². The molecule has 0 saturated heterocycles. The summed E-state index contributed by atoms with van der Waals surface area (Å²) in [5.74, 6) is 3.52. The molecule has 2 N–H and O–H groups in total. The summed E-state index contributed by atoms with van der Waals surface area (Å²) in [5.41, 5.74) is 0.649. The Bertz CT molecular complexity index is 615. The molecular weight excluding hydrogens is 283 g/mol. The van der Waals surface area contributed by atoms with Gasteiger partial charge in [-0.05, 0) is 30.5 Å². The zero-order valence-electron chi connectivity index (χ0n) is 10.9. The topological polar surface area (TPSA) is 75.3 Å². The molecule has 1 aromatic rings. The maximum atomic E-state index is 12.7. The molecule has 0 saturated carbocycles. The minimum Gasteiger partial charge on any atom is -0.344 e. The number of halogens is 1. The highest BCUT2D eigenvalue weighted by Gasteiger charge is 2.10. The summed E-state index contributed by atoms with van der Waals surface area (Å²) in [4.78, 5) is 11.0.